The summed E-state index contributed by atoms with van der Waals surface area (Å²) in [5, 5.41) is 2.21. The number of fused-ring (bicyclic) bond motifs is 11. The molecule has 2 aliphatic carbocycles. The van der Waals surface area contributed by atoms with Crippen molar-refractivity contribution in [2.75, 3.05) is 0 Å². The van der Waals surface area contributed by atoms with E-state index >= 15 is 0 Å². The third kappa shape index (κ3) is 4.22. The first kappa shape index (κ1) is 30.3. The van der Waals surface area contributed by atoms with E-state index in [-0.39, 0.29) is 10.8 Å². The van der Waals surface area contributed by atoms with Gasteiger partial charge in [-0.1, -0.05) is 131 Å². The van der Waals surface area contributed by atoms with Gasteiger partial charge in [-0.25, -0.2) is 9.97 Å². The van der Waals surface area contributed by atoms with Gasteiger partial charge in [0.2, 0.25) is 0 Å². The van der Waals surface area contributed by atoms with Gasteiger partial charge in [0.25, 0.3) is 0 Å². The Labute approximate surface area is 309 Å². The molecule has 6 aromatic carbocycles. The maximum Gasteiger partial charge on any atom is 0.165 e. The van der Waals surface area contributed by atoms with Gasteiger partial charge in [0.1, 0.15) is 11.2 Å². The molecule has 0 atom stereocenters. The summed E-state index contributed by atoms with van der Waals surface area (Å²) in [7, 11) is 0. The molecular formula is C50H37N3. The Hall–Kier alpha value is -6.32. The molecule has 3 heterocycles. The van der Waals surface area contributed by atoms with Crippen molar-refractivity contribution in [2.24, 2.45) is 0 Å². The summed E-state index contributed by atoms with van der Waals surface area (Å²) in [6.45, 7) is 9.42. The molecule has 0 N–H and O–H groups in total. The zero-order chi connectivity index (χ0) is 35.6. The molecule has 0 bridgehead atoms. The molecule has 0 radical (unpaired) electrons. The molecule has 53 heavy (non-hydrogen) atoms. The van der Waals surface area contributed by atoms with E-state index < -0.39 is 0 Å². The molecule has 0 amide bonds. The largest absolute Gasteiger partial charge is 0.284 e. The molecule has 3 heteroatoms. The minimum absolute atomic E-state index is 0.0885. The predicted molar refractivity (Wildman–Crippen MR) is 219 cm³/mol. The Kier molecular flexibility index (Phi) is 6.07. The van der Waals surface area contributed by atoms with E-state index in [9.17, 15) is 0 Å². The van der Waals surface area contributed by atoms with Gasteiger partial charge in [0, 0.05) is 33.4 Å². The summed E-state index contributed by atoms with van der Waals surface area (Å²) in [6, 6.07) is 53.7. The molecule has 0 aliphatic heterocycles. The summed E-state index contributed by atoms with van der Waals surface area (Å²) in [6.07, 6.45) is 2.06. The van der Waals surface area contributed by atoms with Crippen LogP contribution in [-0.4, -0.2) is 14.4 Å². The van der Waals surface area contributed by atoms with Gasteiger partial charge in [-0.3, -0.25) is 4.40 Å². The van der Waals surface area contributed by atoms with Crippen molar-refractivity contribution < 1.29 is 0 Å². The van der Waals surface area contributed by atoms with Gasteiger partial charge in [-0.15, -0.1) is 0 Å². The number of imidazole rings is 1. The topological polar surface area (TPSA) is 30.2 Å². The molecule has 0 saturated heterocycles. The second-order valence-corrected chi connectivity index (χ2v) is 15.9. The lowest BCUT2D eigenvalue weighted by atomic mass is 9.81. The Bertz CT molecular complexity index is 2890. The number of hydrogen-bond acceptors (Lipinski definition) is 2. The molecule has 3 aromatic heterocycles. The van der Waals surface area contributed by atoms with Crippen molar-refractivity contribution in [1.82, 2.24) is 14.4 Å². The van der Waals surface area contributed by atoms with E-state index in [0.717, 1.165) is 38.8 Å². The SMILES string of the molecule is CC1(C)c2ccccc2-c2ccc(-c3cc(-c4ccc5c(c4)C(C)(C)c4ccccc4-5)cc(-c4nc5c(nc6ccccn65)c5ccccc45)c3)cc21. The average molecular weight is 680 g/mol. The maximum atomic E-state index is 5.45. The van der Waals surface area contributed by atoms with E-state index in [2.05, 4.69) is 172 Å². The lowest BCUT2D eigenvalue weighted by molar-refractivity contribution is 0.660. The van der Waals surface area contributed by atoms with Crippen molar-refractivity contribution in [3.8, 4) is 55.8 Å². The zero-order valence-corrected chi connectivity index (χ0v) is 30.3. The number of aromatic nitrogens is 3. The summed E-state index contributed by atoms with van der Waals surface area (Å²) >= 11 is 0. The van der Waals surface area contributed by atoms with Gasteiger partial charge >= 0.3 is 0 Å². The van der Waals surface area contributed by atoms with E-state index in [1.807, 2.05) is 12.1 Å². The van der Waals surface area contributed by atoms with Crippen LogP contribution in [0.1, 0.15) is 49.9 Å². The van der Waals surface area contributed by atoms with Crippen LogP contribution in [0.2, 0.25) is 0 Å². The first-order valence-corrected chi connectivity index (χ1v) is 18.6. The van der Waals surface area contributed by atoms with Crippen LogP contribution in [0.15, 0.2) is 152 Å². The van der Waals surface area contributed by atoms with Crippen LogP contribution < -0.4 is 0 Å². The molecular weight excluding hydrogens is 643 g/mol. The van der Waals surface area contributed by atoms with Crippen LogP contribution in [0, 0.1) is 0 Å². The van der Waals surface area contributed by atoms with E-state index in [0.29, 0.717) is 0 Å². The van der Waals surface area contributed by atoms with Gasteiger partial charge in [0.15, 0.2) is 5.65 Å². The summed E-state index contributed by atoms with van der Waals surface area (Å²) in [5.41, 5.74) is 20.2. The van der Waals surface area contributed by atoms with Crippen LogP contribution in [0.25, 0.3) is 83.3 Å². The molecule has 0 spiro atoms. The Morgan fingerprint density at radius 1 is 0.415 bits per heavy atom. The molecule has 0 fully saturated rings. The molecule has 0 saturated carbocycles. The monoisotopic (exact) mass is 679 g/mol. The second-order valence-electron chi connectivity index (χ2n) is 15.9. The first-order chi connectivity index (χ1) is 25.8. The number of nitrogens with zero attached hydrogens (tertiary/aromatic N) is 3. The Balaban J connectivity index is 1.17. The lowest BCUT2D eigenvalue weighted by Crippen LogP contribution is -2.15. The summed E-state index contributed by atoms with van der Waals surface area (Å²) < 4.78 is 2.11. The highest BCUT2D eigenvalue weighted by Crippen LogP contribution is 2.51. The van der Waals surface area contributed by atoms with Gasteiger partial charge in [-0.2, -0.15) is 0 Å². The quantitative estimate of drug-likeness (QED) is 0.186. The lowest BCUT2D eigenvalue weighted by Gasteiger charge is -2.22. The fourth-order valence-corrected chi connectivity index (χ4v) is 9.42. The number of pyridine rings is 2. The number of hydrogen-bond donors (Lipinski definition) is 0. The molecule has 252 valence electrons. The van der Waals surface area contributed by atoms with Crippen molar-refractivity contribution in [3.05, 3.63) is 174 Å². The average Bonchev–Trinajstić information content (AvgIpc) is 3.77. The zero-order valence-electron chi connectivity index (χ0n) is 30.3. The van der Waals surface area contributed by atoms with Crippen molar-refractivity contribution in [2.45, 2.75) is 38.5 Å². The van der Waals surface area contributed by atoms with Gasteiger partial charge < -0.3 is 0 Å². The summed E-state index contributed by atoms with van der Waals surface area (Å²) in [4.78, 5) is 10.5. The molecule has 11 rings (SSSR count). The summed E-state index contributed by atoms with van der Waals surface area (Å²) in [5.74, 6) is 0. The van der Waals surface area contributed by atoms with Crippen molar-refractivity contribution >= 4 is 27.6 Å². The van der Waals surface area contributed by atoms with E-state index in [1.54, 1.807) is 0 Å². The molecule has 0 unspecified atom stereocenters. The van der Waals surface area contributed by atoms with Crippen molar-refractivity contribution in [1.29, 1.82) is 0 Å². The standard InChI is InChI=1S/C50H37N3/c1-49(2)41-17-9-7-13-35(41)37-22-20-30(28-43(37)49)32-25-33(31-21-23-38-36-14-8-10-18-42(36)50(3,4)44(38)29-31)27-34(26-32)46-39-15-5-6-16-40(39)47-48(52-46)53-24-12-11-19-45(53)51-47/h5-29H,1-4H3. The Morgan fingerprint density at radius 3 is 1.55 bits per heavy atom. The fourth-order valence-electron chi connectivity index (χ4n) is 9.42. The minimum Gasteiger partial charge on any atom is -0.284 e. The van der Waals surface area contributed by atoms with Crippen LogP contribution in [0.4, 0.5) is 0 Å². The first-order valence-electron chi connectivity index (χ1n) is 18.6. The van der Waals surface area contributed by atoms with E-state index in [1.165, 1.54) is 66.8 Å². The highest BCUT2D eigenvalue weighted by Gasteiger charge is 2.36. The van der Waals surface area contributed by atoms with Crippen LogP contribution in [0.5, 0.6) is 0 Å². The van der Waals surface area contributed by atoms with Gasteiger partial charge in [0.05, 0.1) is 5.69 Å². The highest BCUT2D eigenvalue weighted by atomic mass is 15.1. The normalized spacial score (nSPS) is 14.7. The third-order valence-corrected chi connectivity index (χ3v) is 12.2. The van der Waals surface area contributed by atoms with Gasteiger partial charge in [-0.05, 0) is 109 Å². The van der Waals surface area contributed by atoms with Crippen LogP contribution >= 0.6 is 0 Å². The Morgan fingerprint density at radius 2 is 0.925 bits per heavy atom. The second kappa shape index (κ2) is 10.6. The predicted octanol–water partition coefficient (Wildman–Crippen LogP) is 12.6. The molecule has 2 aliphatic rings. The van der Waals surface area contributed by atoms with E-state index in [4.69, 9.17) is 9.97 Å². The maximum absolute atomic E-state index is 5.45. The smallest absolute Gasteiger partial charge is 0.165 e. The fraction of sp³-hybridized carbons (Fsp3) is 0.120. The minimum atomic E-state index is -0.0885. The third-order valence-electron chi connectivity index (χ3n) is 12.2. The highest BCUT2D eigenvalue weighted by molar-refractivity contribution is 6.10. The number of rotatable bonds is 3. The van der Waals surface area contributed by atoms with Crippen molar-refractivity contribution in [3.63, 3.8) is 0 Å². The van der Waals surface area contributed by atoms with Crippen LogP contribution in [-0.2, 0) is 10.8 Å². The van der Waals surface area contributed by atoms with Crippen LogP contribution in [0.3, 0.4) is 0 Å². The molecule has 3 nitrogen and oxygen atoms in total. The number of benzene rings is 6. The molecule has 9 aromatic rings.